The predicted octanol–water partition coefficient (Wildman–Crippen LogP) is -0.0677. The van der Waals surface area contributed by atoms with Gasteiger partial charge in [-0.15, -0.1) is 0 Å². The Balaban J connectivity index is 1.86. The van der Waals surface area contributed by atoms with Gasteiger partial charge >= 0.3 is 0 Å². The Morgan fingerprint density at radius 3 is 2.80 bits per heavy atom. The molecule has 9 heteroatoms. The van der Waals surface area contributed by atoms with Gasteiger partial charge in [-0.25, -0.2) is 29.0 Å². The molecule has 0 amide bonds. The molecule has 2 rings (SSSR count). The zero-order valence-corrected chi connectivity index (χ0v) is 11.5. The third kappa shape index (κ3) is 3.76. The first-order valence-electron chi connectivity index (χ1n) is 6.00. The highest BCUT2D eigenvalue weighted by Crippen LogP contribution is 2.09. The van der Waals surface area contributed by atoms with Crippen molar-refractivity contribution in [2.75, 3.05) is 12.0 Å². The number of hydrogen-bond donors (Lipinski definition) is 3. The van der Waals surface area contributed by atoms with E-state index < -0.39 is 10.0 Å². The Hall–Kier alpha value is -1.97. The fraction of sp³-hybridized carbons (Fsp3) is 0.273. The van der Waals surface area contributed by atoms with Crippen molar-refractivity contribution in [2.45, 2.75) is 17.9 Å². The maximum atomic E-state index is 12.0. The van der Waals surface area contributed by atoms with Crippen molar-refractivity contribution in [1.82, 2.24) is 19.3 Å². The van der Waals surface area contributed by atoms with Crippen LogP contribution in [0.25, 0.3) is 0 Å². The van der Waals surface area contributed by atoms with Crippen LogP contribution in [0.1, 0.15) is 6.42 Å². The summed E-state index contributed by atoms with van der Waals surface area (Å²) in [5.74, 6) is 5.58. The number of nitrogens with two attached hydrogens (primary N) is 1. The summed E-state index contributed by atoms with van der Waals surface area (Å²) in [5, 5.41) is 0. The lowest BCUT2D eigenvalue weighted by Crippen LogP contribution is -2.25. The normalized spacial score (nSPS) is 11.4. The van der Waals surface area contributed by atoms with Crippen LogP contribution in [0.2, 0.25) is 0 Å². The van der Waals surface area contributed by atoms with Crippen molar-refractivity contribution < 1.29 is 8.42 Å². The summed E-state index contributed by atoms with van der Waals surface area (Å²) in [7, 11) is -3.53. The number of aromatic nitrogens is 3. The Labute approximate surface area is 117 Å². The van der Waals surface area contributed by atoms with Gasteiger partial charge in [0.1, 0.15) is 10.7 Å². The largest absolute Gasteiger partial charge is 0.337 e. The number of sulfonamides is 1. The summed E-state index contributed by atoms with van der Waals surface area (Å²) in [6.45, 7) is 1.05. The van der Waals surface area contributed by atoms with Gasteiger partial charge in [0, 0.05) is 31.7 Å². The van der Waals surface area contributed by atoms with Crippen molar-refractivity contribution in [2.24, 2.45) is 5.84 Å². The van der Waals surface area contributed by atoms with Crippen LogP contribution in [0.4, 0.5) is 5.82 Å². The zero-order chi connectivity index (χ0) is 14.4. The molecule has 0 atom stereocenters. The molecular formula is C11H16N6O2S. The number of nitrogens with one attached hydrogen (secondary N) is 2. The fourth-order valence-electron chi connectivity index (χ4n) is 1.60. The molecule has 4 N–H and O–H groups in total. The smallest absolute Gasteiger partial charge is 0.242 e. The van der Waals surface area contributed by atoms with Gasteiger partial charge in [0.15, 0.2) is 0 Å². The van der Waals surface area contributed by atoms with Crippen molar-refractivity contribution in [3.05, 3.63) is 37.1 Å². The second-order valence-corrected chi connectivity index (χ2v) is 5.84. The molecular weight excluding hydrogens is 280 g/mol. The Kier molecular flexibility index (Phi) is 4.66. The zero-order valence-electron chi connectivity index (χ0n) is 10.7. The summed E-state index contributed by atoms with van der Waals surface area (Å²) in [6, 6.07) is 2.94. The summed E-state index contributed by atoms with van der Waals surface area (Å²) < 4.78 is 28.4. The summed E-state index contributed by atoms with van der Waals surface area (Å²) in [5.41, 5.74) is 2.34. The molecule has 0 aromatic carbocycles. The monoisotopic (exact) mass is 296 g/mol. The number of pyridine rings is 1. The number of hydrazine groups is 1. The van der Waals surface area contributed by atoms with E-state index in [0.717, 1.165) is 0 Å². The third-order valence-corrected chi connectivity index (χ3v) is 4.09. The third-order valence-electron chi connectivity index (χ3n) is 2.64. The van der Waals surface area contributed by atoms with E-state index in [0.29, 0.717) is 25.3 Å². The molecule has 108 valence electrons. The van der Waals surface area contributed by atoms with Gasteiger partial charge in [-0.3, -0.25) is 0 Å². The van der Waals surface area contributed by atoms with Gasteiger partial charge in [0.2, 0.25) is 10.0 Å². The lowest BCUT2D eigenvalue weighted by atomic mass is 10.4. The number of imidazole rings is 1. The molecule has 0 aliphatic carbocycles. The van der Waals surface area contributed by atoms with Crippen LogP contribution in [0.3, 0.4) is 0 Å². The Morgan fingerprint density at radius 2 is 2.20 bits per heavy atom. The van der Waals surface area contributed by atoms with Gasteiger partial charge in [-0.1, -0.05) is 0 Å². The topological polar surface area (TPSA) is 115 Å². The molecule has 0 saturated carbocycles. The highest BCUT2D eigenvalue weighted by molar-refractivity contribution is 7.89. The average Bonchev–Trinajstić information content (AvgIpc) is 2.97. The summed E-state index contributed by atoms with van der Waals surface area (Å²) in [6.07, 6.45) is 7.13. The van der Waals surface area contributed by atoms with Crippen LogP contribution >= 0.6 is 0 Å². The first-order valence-corrected chi connectivity index (χ1v) is 7.48. The van der Waals surface area contributed by atoms with Gasteiger partial charge < -0.3 is 9.99 Å². The number of hydrogen-bond acceptors (Lipinski definition) is 6. The molecule has 0 unspecified atom stereocenters. The quantitative estimate of drug-likeness (QED) is 0.374. The molecule has 20 heavy (non-hydrogen) atoms. The SMILES string of the molecule is NNc1ccc(S(=O)(=O)NCCCn2ccnc2)cn1. The lowest BCUT2D eigenvalue weighted by Gasteiger charge is -2.07. The summed E-state index contributed by atoms with van der Waals surface area (Å²) >= 11 is 0. The second-order valence-electron chi connectivity index (χ2n) is 4.08. The van der Waals surface area contributed by atoms with Crippen LogP contribution in [0.5, 0.6) is 0 Å². The minimum Gasteiger partial charge on any atom is -0.337 e. The standard InChI is InChI=1S/C11H16N6O2S/c12-16-11-3-2-10(8-14-11)20(18,19)15-4-1-6-17-7-5-13-9-17/h2-3,5,7-9,15H,1,4,6,12H2,(H,14,16). The number of anilines is 1. The van der Waals surface area contributed by atoms with E-state index in [1.54, 1.807) is 12.5 Å². The molecule has 0 aliphatic rings. The van der Waals surface area contributed by atoms with Crippen molar-refractivity contribution in [1.29, 1.82) is 0 Å². The van der Waals surface area contributed by atoms with Crippen LogP contribution in [0, 0.1) is 0 Å². The molecule has 0 aliphatic heterocycles. The lowest BCUT2D eigenvalue weighted by molar-refractivity contribution is 0.569. The van der Waals surface area contributed by atoms with E-state index in [4.69, 9.17) is 5.84 Å². The summed E-state index contributed by atoms with van der Waals surface area (Å²) in [4.78, 5) is 7.89. The van der Waals surface area contributed by atoms with E-state index in [1.807, 2.05) is 10.8 Å². The van der Waals surface area contributed by atoms with E-state index in [-0.39, 0.29) is 4.90 Å². The minimum atomic E-state index is -3.53. The number of rotatable bonds is 7. The van der Waals surface area contributed by atoms with Crippen LogP contribution in [-0.4, -0.2) is 29.5 Å². The number of aryl methyl sites for hydroxylation is 1. The molecule has 0 spiro atoms. The minimum absolute atomic E-state index is 0.110. The van der Waals surface area contributed by atoms with Crippen molar-refractivity contribution >= 4 is 15.8 Å². The number of nitrogen functional groups attached to an aromatic ring is 1. The predicted molar refractivity (Wildman–Crippen MR) is 74.1 cm³/mol. The highest BCUT2D eigenvalue weighted by Gasteiger charge is 2.13. The van der Waals surface area contributed by atoms with E-state index in [1.165, 1.54) is 18.3 Å². The van der Waals surface area contributed by atoms with E-state index in [9.17, 15) is 8.42 Å². The second kappa shape index (κ2) is 6.46. The van der Waals surface area contributed by atoms with Crippen molar-refractivity contribution in [3.8, 4) is 0 Å². The van der Waals surface area contributed by atoms with E-state index >= 15 is 0 Å². The molecule has 0 bridgehead atoms. The first-order chi connectivity index (χ1) is 9.62. The van der Waals surface area contributed by atoms with Crippen LogP contribution in [0.15, 0.2) is 41.9 Å². The maximum Gasteiger partial charge on any atom is 0.242 e. The average molecular weight is 296 g/mol. The Bertz CT molecular complexity index is 623. The molecule has 0 saturated heterocycles. The molecule has 2 aromatic heterocycles. The maximum absolute atomic E-state index is 12.0. The van der Waals surface area contributed by atoms with E-state index in [2.05, 4.69) is 20.1 Å². The number of nitrogens with zero attached hydrogens (tertiary/aromatic N) is 3. The van der Waals surface area contributed by atoms with Gasteiger partial charge in [0.05, 0.1) is 6.33 Å². The molecule has 2 heterocycles. The fourth-order valence-corrected chi connectivity index (χ4v) is 2.61. The molecule has 0 radical (unpaired) electrons. The molecule has 2 aromatic rings. The van der Waals surface area contributed by atoms with Crippen molar-refractivity contribution in [3.63, 3.8) is 0 Å². The molecule has 0 fully saturated rings. The van der Waals surface area contributed by atoms with Gasteiger partial charge in [-0.2, -0.15) is 0 Å². The Morgan fingerprint density at radius 1 is 1.35 bits per heavy atom. The first kappa shape index (κ1) is 14.4. The van der Waals surface area contributed by atoms with Gasteiger partial charge in [0.25, 0.3) is 0 Å². The molecule has 8 nitrogen and oxygen atoms in total. The van der Waals surface area contributed by atoms with Crippen LogP contribution < -0.4 is 16.0 Å². The van der Waals surface area contributed by atoms with Gasteiger partial charge in [-0.05, 0) is 18.6 Å². The highest BCUT2D eigenvalue weighted by atomic mass is 32.2. The van der Waals surface area contributed by atoms with Crippen LogP contribution in [-0.2, 0) is 16.6 Å².